The van der Waals surface area contributed by atoms with Crippen LogP contribution in [0.25, 0.3) is 0 Å². The number of benzene rings is 1. The molecular formula is C17H29ClN4. The van der Waals surface area contributed by atoms with Crippen molar-refractivity contribution < 1.29 is 0 Å². The van der Waals surface area contributed by atoms with E-state index < -0.39 is 0 Å². The second-order valence-electron chi connectivity index (χ2n) is 6.28. The summed E-state index contributed by atoms with van der Waals surface area (Å²) in [7, 11) is 0. The van der Waals surface area contributed by atoms with E-state index in [4.69, 9.17) is 0 Å². The van der Waals surface area contributed by atoms with E-state index in [0.717, 1.165) is 19.6 Å². The number of halogens is 1. The summed E-state index contributed by atoms with van der Waals surface area (Å²) in [5, 5.41) is 3.65. The molecule has 2 aliphatic rings. The lowest BCUT2D eigenvalue weighted by atomic mass is 9.95. The van der Waals surface area contributed by atoms with Crippen molar-refractivity contribution in [3.8, 4) is 0 Å². The lowest BCUT2D eigenvalue weighted by Crippen LogP contribution is -2.38. The molecule has 4 nitrogen and oxygen atoms in total. The van der Waals surface area contributed by atoms with Gasteiger partial charge in [-0.3, -0.25) is 5.43 Å². The van der Waals surface area contributed by atoms with Gasteiger partial charge < -0.3 is 10.2 Å². The first-order valence-electron chi connectivity index (χ1n) is 8.40. The first-order chi connectivity index (χ1) is 10.4. The number of rotatable bonds is 6. The van der Waals surface area contributed by atoms with Gasteiger partial charge in [-0.1, -0.05) is 36.8 Å². The molecule has 0 radical (unpaired) electrons. The minimum absolute atomic E-state index is 0. The molecule has 22 heavy (non-hydrogen) atoms. The molecule has 3 N–H and O–H groups in total. The van der Waals surface area contributed by atoms with Gasteiger partial charge in [0.15, 0.2) is 0 Å². The van der Waals surface area contributed by atoms with Crippen LogP contribution in [0.4, 0.5) is 0 Å². The van der Waals surface area contributed by atoms with E-state index in [-0.39, 0.29) is 12.4 Å². The summed E-state index contributed by atoms with van der Waals surface area (Å²) in [6.07, 6.45) is 4.18. The largest absolute Gasteiger partial charge is 0.315 e. The zero-order valence-electron chi connectivity index (χ0n) is 13.3. The number of piperidine rings is 1. The third-order valence-electron chi connectivity index (χ3n) is 4.71. The third-order valence-corrected chi connectivity index (χ3v) is 4.71. The van der Waals surface area contributed by atoms with Gasteiger partial charge in [-0.2, -0.15) is 0 Å². The second kappa shape index (κ2) is 9.48. The smallest absolute Gasteiger partial charge is 0.0515 e. The van der Waals surface area contributed by atoms with E-state index in [0.29, 0.717) is 12.0 Å². The predicted molar refractivity (Wildman–Crippen MR) is 94.2 cm³/mol. The van der Waals surface area contributed by atoms with Crippen molar-refractivity contribution in [3.05, 3.63) is 35.9 Å². The SMILES string of the molecule is Cl.c1ccc(C2NNCC2CNCCN2CCCCC2)cc1. The third kappa shape index (κ3) is 4.93. The molecular weight excluding hydrogens is 296 g/mol. The van der Waals surface area contributed by atoms with Gasteiger partial charge in [0.25, 0.3) is 0 Å². The molecule has 5 heteroatoms. The second-order valence-corrected chi connectivity index (χ2v) is 6.28. The minimum Gasteiger partial charge on any atom is -0.315 e. The molecule has 0 bridgehead atoms. The topological polar surface area (TPSA) is 39.3 Å². The molecule has 2 unspecified atom stereocenters. The quantitative estimate of drug-likeness (QED) is 0.699. The van der Waals surface area contributed by atoms with E-state index in [1.165, 1.54) is 44.5 Å². The van der Waals surface area contributed by atoms with Crippen molar-refractivity contribution in [1.29, 1.82) is 0 Å². The highest BCUT2D eigenvalue weighted by atomic mass is 35.5. The summed E-state index contributed by atoms with van der Waals surface area (Å²) in [6, 6.07) is 11.2. The predicted octanol–water partition coefficient (Wildman–Crippen LogP) is 1.95. The van der Waals surface area contributed by atoms with E-state index >= 15 is 0 Å². The van der Waals surface area contributed by atoms with E-state index in [1.54, 1.807) is 0 Å². The Morgan fingerprint density at radius 3 is 2.64 bits per heavy atom. The number of nitrogens with one attached hydrogen (secondary N) is 3. The Labute approximate surface area is 140 Å². The highest BCUT2D eigenvalue weighted by Crippen LogP contribution is 2.23. The molecule has 2 aliphatic heterocycles. The maximum absolute atomic E-state index is 3.65. The van der Waals surface area contributed by atoms with Crippen LogP contribution in [0.5, 0.6) is 0 Å². The fourth-order valence-electron chi connectivity index (χ4n) is 3.45. The fourth-order valence-corrected chi connectivity index (χ4v) is 3.45. The van der Waals surface area contributed by atoms with Gasteiger partial charge in [0, 0.05) is 32.1 Å². The molecule has 1 aromatic rings. The monoisotopic (exact) mass is 324 g/mol. The first-order valence-corrected chi connectivity index (χ1v) is 8.40. The molecule has 2 heterocycles. The summed E-state index contributed by atoms with van der Waals surface area (Å²) in [5.74, 6) is 0.619. The summed E-state index contributed by atoms with van der Waals surface area (Å²) < 4.78 is 0. The molecule has 0 saturated carbocycles. The van der Waals surface area contributed by atoms with E-state index in [1.807, 2.05) is 0 Å². The molecule has 2 atom stereocenters. The van der Waals surface area contributed by atoms with Crippen molar-refractivity contribution in [2.24, 2.45) is 5.92 Å². The molecule has 2 saturated heterocycles. The zero-order chi connectivity index (χ0) is 14.3. The first kappa shape index (κ1) is 17.7. The van der Waals surface area contributed by atoms with Crippen molar-refractivity contribution >= 4 is 12.4 Å². The molecule has 1 aromatic carbocycles. The molecule has 2 fully saturated rings. The van der Waals surface area contributed by atoms with E-state index in [9.17, 15) is 0 Å². The Morgan fingerprint density at radius 1 is 1.09 bits per heavy atom. The average molecular weight is 325 g/mol. The van der Waals surface area contributed by atoms with Gasteiger partial charge in [0.2, 0.25) is 0 Å². The van der Waals surface area contributed by atoms with Gasteiger partial charge in [-0.05, 0) is 31.5 Å². The van der Waals surface area contributed by atoms with E-state index in [2.05, 4.69) is 51.4 Å². The number of hydrogen-bond donors (Lipinski definition) is 3. The highest BCUT2D eigenvalue weighted by Gasteiger charge is 2.27. The minimum atomic E-state index is 0. The van der Waals surface area contributed by atoms with Gasteiger partial charge in [0.05, 0.1) is 6.04 Å². The molecule has 0 amide bonds. The van der Waals surface area contributed by atoms with Gasteiger partial charge in [-0.15, -0.1) is 12.4 Å². The average Bonchev–Trinajstić information content (AvgIpc) is 3.02. The molecule has 0 spiro atoms. The van der Waals surface area contributed by atoms with Crippen LogP contribution in [0.3, 0.4) is 0 Å². The molecule has 3 rings (SSSR count). The number of nitrogens with zero attached hydrogens (tertiary/aromatic N) is 1. The molecule has 0 aliphatic carbocycles. The van der Waals surface area contributed by atoms with Crippen LogP contribution in [0.15, 0.2) is 30.3 Å². The number of likely N-dealkylation sites (tertiary alicyclic amines) is 1. The zero-order valence-corrected chi connectivity index (χ0v) is 14.1. The molecule has 0 aromatic heterocycles. The van der Waals surface area contributed by atoms with Crippen LogP contribution in [0.1, 0.15) is 30.9 Å². The number of hydrazine groups is 1. The summed E-state index contributed by atoms with van der Waals surface area (Å²) >= 11 is 0. The van der Waals surface area contributed by atoms with Crippen LogP contribution >= 0.6 is 12.4 Å². The van der Waals surface area contributed by atoms with Crippen molar-refractivity contribution in [3.63, 3.8) is 0 Å². The molecule has 124 valence electrons. The lowest BCUT2D eigenvalue weighted by molar-refractivity contribution is 0.227. The summed E-state index contributed by atoms with van der Waals surface area (Å²) in [4.78, 5) is 2.59. The summed E-state index contributed by atoms with van der Waals surface area (Å²) in [6.45, 7) is 7.01. The van der Waals surface area contributed by atoms with Gasteiger partial charge in [-0.25, -0.2) is 5.43 Å². The maximum Gasteiger partial charge on any atom is 0.0515 e. The van der Waals surface area contributed by atoms with Crippen molar-refractivity contribution in [2.45, 2.75) is 25.3 Å². The van der Waals surface area contributed by atoms with Crippen LogP contribution in [0.2, 0.25) is 0 Å². The lowest BCUT2D eigenvalue weighted by Gasteiger charge is -2.27. The Balaban J connectivity index is 0.00000176. The van der Waals surface area contributed by atoms with Crippen molar-refractivity contribution in [2.75, 3.05) is 39.3 Å². The van der Waals surface area contributed by atoms with Crippen LogP contribution in [-0.4, -0.2) is 44.2 Å². The van der Waals surface area contributed by atoms with Gasteiger partial charge >= 0.3 is 0 Å². The number of hydrogen-bond acceptors (Lipinski definition) is 4. The van der Waals surface area contributed by atoms with Crippen LogP contribution in [-0.2, 0) is 0 Å². The Hall–Kier alpha value is -0.650. The normalized spacial score (nSPS) is 25.8. The maximum atomic E-state index is 3.65. The van der Waals surface area contributed by atoms with Crippen LogP contribution < -0.4 is 16.2 Å². The fraction of sp³-hybridized carbons (Fsp3) is 0.647. The van der Waals surface area contributed by atoms with Gasteiger partial charge in [0.1, 0.15) is 0 Å². The van der Waals surface area contributed by atoms with Crippen LogP contribution in [0, 0.1) is 5.92 Å². The Morgan fingerprint density at radius 2 is 1.86 bits per heavy atom. The standard InChI is InChI=1S/C17H28N4.ClH/c1-3-7-15(8-4-1)17-16(14-19-20-17)13-18-9-12-21-10-5-2-6-11-21;/h1,3-4,7-8,16-20H,2,5-6,9-14H2;1H. The Kier molecular flexibility index (Phi) is 7.63. The Bertz CT molecular complexity index is 408. The van der Waals surface area contributed by atoms with Crippen molar-refractivity contribution in [1.82, 2.24) is 21.1 Å². The summed E-state index contributed by atoms with van der Waals surface area (Å²) in [5.41, 5.74) is 8.10. The highest BCUT2D eigenvalue weighted by molar-refractivity contribution is 5.85.